The van der Waals surface area contributed by atoms with Gasteiger partial charge in [-0.05, 0) is 30.3 Å². The van der Waals surface area contributed by atoms with Crippen LogP contribution in [-0.4, -0.2) is 45.9 Å². The molecule has 0 saturated carbocycles. The number of carbonyl (C=O) groups excluding carboxylic acids is 1. The molecule has 0 bridgehead atoms. The van der Waals surface area contributed by atoms with Crippen LogP contribution in [0.4, 0.5) is 20.2 Å². The molecule has 0 aliphatic heterocycles. The Hall–Kier alpha value is -2.72. The van der Waals surface area contributed by atoms with Crippen molar-refractivity contribution in [2.24, 2.45) is 0 Å². The van der Waals surface area contributed by atoms with E-state index in [1.807, 2.05) is 0 Å². The van der Waals surface area contributed by atoms with E-state index in [1.54, 1.807) is 18.2 Å². The van der Waals surface area contributed by atoms with Crippen LogP contribution in [0.2, 0.25) is 0 Å². The zero-order chi connectivity index (χ0) is 20.0. The van der Waals surface area contributed by atoms with Gasteiger partial charge in [0, 0.05) is 19.8 Å². The highest BCUT2D eigenvalue weighted by Crippen LogP contribution is 2.25. The molecule has 0 unspecified atom stereocenters. The highest BCUT2D eigenvalue weighted by molar-refractivity contribution is 7.89. The number of para-hydroxylation sites is 2. The number of alkyl halides is 2. The van der Waals surface area contributed by atoms with Gasteiger partial charge in [0.15, 0.2) is 0 Å². The average molecular weight is 399 g/mol. The minimum absolute atomic E-state index is 0.0774. The number of sulfonamides is 1. The molecule has 2 N–H and O–H groups in total. The Morgan fingerprint density at radius 1 is 1.15 bits per heavy atom. The smallest absolute Gasteiger partial charge is 0.387 e. The molecule has 10 heteroatoms. The van der Waals surface area contributed by atoms with Crippen LogP contribution in [0, 0.1) is 0 Å². The minimum Gasteiger partial charge on any atom is -0.433 e. The van der Waals surface area contributed by atoms with E-state index in [0.29, 0.717) is 5.69 Å². The Morgan fingerprint density at radius 3 is 2.52 bits per heavy atom. The summed E-state index contributed by atoms with van der Waals surface area (Å²) in [4.78, 5) is 12.1. The molecule has 2 rings (SSSR count). The summed E-state index contributed by atoms with van der Waals surface area (Å²) in [5.74, 6) is -0.666. The maximum atomic E-state index is 12.4. The molecule has 0 aromatic heterocycles. The van der Waals surface area contributed by atoms with Crippen LogP contribution < -0.4 is 15.4 Å². The van der Waals surface area contributed by atoms with Crippen molar-refractivity contribution < 1.29 is 26.7 Å². The van der Waals surface area contributed by atoms with E-state index < -0.39 is 22.5 Å². The maximum Gasteiger partial charge on any atom is 0.387 e. The minimum atomic E-state index is -3.60. The number of benzene rings is 2. The van der Waals surface area contributed by atoms with Gasteiger partial charge in [0.25, 0.3) is 0 Å². The van der Waals surface area contributed by atoms with Crippen molar-refractivity contribution >= 4 is 27.3 Å². The number of nitrogens with zero attached hydrogens (tertiary/aromatic N) is 1. The van der Waals surface area contributed by atoms with Gasteiger partial charge in [0.05, 0.1) is 17.1 Å². The number of nitrogens with one attached hydrogen (secondary N) is 2. The first-order valence-electron chi connectivity index (χ1n) is 7.80. The third-order valence-corrected chi connectivity index (χ3v) is 5.25. The van der Waals surface area contributed by atoms with Crippen molar-refractivity contribution in [1.29, 1.82) is 0 Å². The summed E-state index contributed by atoms with van der Waals surface area (Å²) in [6.45, 7) is -3.21. The summed E-state index contributed by atoms with van der Waals surface area (Å²) < 4.78 is 54.5. The second-order valence-corrected chi connectivity index (χ2v) is 7.74. The molecule has 2 aromatic rings. The summed E-state index contributed by atoms with van der Waals surface area (Å²) in [5, 5.41) is 5.26. The lowest BCUT2D eigenvalue weighted by Gasteiger charge is -2.14. The molecular formula is C17H19F2N3O4S. The van der Waals surface area contributed by atoms with Gasteiger partial charge in [-0.25, -0.2) is 12.7 Å². The number of amides is 1. The highest BCUT2D eigenvalue weighted by atomic mass is 32.2. The van der Waals surface area contributed by atoms with E-state index in [9.17, 15) is 22.0 Å². The monoisotopic (exact) mass is 399 g/mol. The first kappa shape index (κ1) is 20.6. The second-order valence-electron chi connectivity index (χ2n) is 5.59. The maximum absolute atomic E-state index is 12.4. The fraction of sp³-hybridized carbons (Fsp3) is 0.235. The molecule has 146 valence electrons. The molecule has 0 aliphatic rings. The van der Waals surface area contributed by atoms with Crippen LogP contribution in [0.3, 0.4) is 0 Å². The van der Waals surface area contributed by atoms with Crippen LogP contribution in [0.1, 0.15) is 0 Å². The van der Waals surface area contributed by atoms with Gasteiger partial charge in [0.2, 0.25) is 15.9 Å². The fourth-order valence-electron chi connectivity index (χ4n) is 2.12. The standard InChI is InChI=1S/C17H19F2N3O4S/c1-22(2)27(24,25)13-7-5-6-12(10-13)20-11-16(23)21-14-8-3-4-9-15(14)26-17(18)19/h3-10,17,20H,11H2,1-2H3,(H,21,23). The van der Waals surface area contributed by atoms with Gasteiger partial charge < -0.3 is 15.4 Å². The SMILES string of the molecule is CN(C)S(=O)(=O)c1cccc(NCC(=O)Nc2ccccc2OC(F)F)c1. The van der Waals surface area contributed by atoms with E-state index in [1.165, 1.54) is 44.4 Å². The molecular weight excluding hydrogens is 380 g/mol. The van der Waals surface area contributed by atoms with Crippen molar-refractivity contribution in [3.05, 3.63) is 48.5 Å². The van der Waals surface area contributed by atoms with Gasteiger partial charge in [-0.1, -0.05) is 18.2 Å². The van der Waals surface area contributed by atoms with Gasteiger partial charge in [-0.15, -0.1) is 0 Å². The van der Waals surface area contributed by atoms with Gasteiger partial charge in [0.1, 0.15) is 5.75 Å². The van der Waals surface area contributed by atoms with Crippen LogP contribution in [-0.2, 0) is 14.8 Å². The van der Waals surface area contributed by atoms with Crippen LogP contribution in [0.25, 0.3) is 0 Å². The lowest BCUT2D eigenvalue weighted by molar-refractivity contribution is -0.114. The van der Waals surface area contributed by atoms with E-state index in [2.05, 4.69) is 15.4 Å². The molecule has 2 aromatic carbocycles. The summed E-state index contributed by atoms with van der Waals surface area (Å²) in [6, 6.07) is 11.8. The van der Waals surface area contributed by atoms with Crippen molar-refractivity contribution in [1.82, 2.24) is 4.31 Å². The molecule has 0 fully saturated rings. The quantitative estimate of drug-likeness (QED) is 0.713. The summed E-state index contributed by atoms with van der Waals surface area (Å²) >= 11 is 0. The normalized spacial score (nSPS) is 11.5. The van der Waals surface area contributed by atoms with Gasteiger partial charge in [-0.2, -0.15) is 8.78 Å². The van der Waals surface area contributed by atoms with Crippen molar-refractivity contribution in [2.45, 2.75) is 11.5 Å². The molecule has 0 saturated heterocycles. The summed E-state index contributed by atoms with van der Waals surface area (Å²) in [7, 11) is -0.762. The number of rotatable bonds is 8. The zero-order valence-corrected chi connectivity index (χ0v) is 15.5. The highest BCUT2D eigenvalue weighted by Gasteiger charge is 2.17. The Bertz CT molecular complexity index is 905. The predicted molar refractivity (Wildman–Crippen MR) is 97.5 cm³/mol. The number of hydrogen-bond donors (Lipinski definition) is 2. The zero-order valence-electron chi connectivity index (χ0n) is 14.6. The Balaban J connectivity index is 2.03. The molecule has 0 aliphatic carbocycles. The summed E-state index contributed by atoms with van der Waals surface area (Å²) in [6.07, 6.45) is 0. The number of hydrogen-bond acceptors (Lipinski definition) is 5. The average Bonchev–Trinajstić information content (AvgIpc) is 2.61. The first-order valence-corrected chi connectivity index (χ1v) is 9.24. The largest absolute Gasteiger partial charge is 0.433 e. The van der Waals surface area contributed by atoms with E-state index in [0.717, 1.165) is 4.31 Å². The van der Waals surface area contributed by atoms with E-state index in [4.69, 9.17) is 0 Å². The van der Waals surface area contributed by atoms with Crippen LogP contribution in [0.15, 0.2) is 53.4 Å². The number of anilines is 2. The Labute approximate surface area is 156 Å². The number of carbonyl (C=O) groups is 1. The fourth-order valence-corrected chi connectivity index (χ4v) is 3.07. The first-order chi connectivity index (χ1) is 12.7. The molecule has 27 heavy (non-hydrogen) atoms. The van der Waals surface area contributed by atoms with Gasteiger partial charge >= 0.3 is 6.61 Å². The lowest BCUT2D eigenvalue weighted by atomic mass is 10.3. The molecule has 0 spiro atoms. The predicted octanol–water partition coefficient (Wildman–Crippen LogP) is 2.59. The van der Waals surface area contributed by atoms with Crippen molar-refractivity contribution in [3.8, 4) is 5.75 Å². The lowest BCUT2D eigenvalue weighted by Crippen LogP contribution is -2.23. The molecule has 0 radical (unpaired) electrons. The molecule has 1 amide bonds. The van der Waals surface area contributed by atoms with E-state index >= 15 is 0 Å². The summed E-state index contributed by atoms with van der Waals surface area (Å²) in [5.41, 5.74) is 0.527. The van der Waals surface area contributed by atoms with Crippen molar-refractivity contribution in [3.63, 3.8) is 0 Å². The second kappa shape index (κ2) is 8.78. The van der Waals surface area contributed by atoms with E-state index in [-0.39, 0.29) is 22.9 Å². The molecule has 7 nitrogen and oxygen atoms in total. The third kappa shape index (κ3) is 5.63. The van der Waals surface area contributed by atoms with Crippen LogP contribution in [0.5, 0.6) is 5.75 Å². The molecule has 0 heterocycles. The van der Waals surface area contributed by atoms with Crippen LogP contribution >= 0.6 is 0 Å². The Morgan fingerprint density at radius 2 is 1.85 bits per heavy atom. The molecule has 0 atom stereocenters. The number of halogens is 2. The Kier molecular flexibility index (Phi) is 6.70. The number of ether oxygens (including phenoxy) is 1. The van der Waals surface area contributed by atoms with Gasteiger partial charge in [-0.3, -0.25) is 4.79 Å². The topological polar surface area (TPSA) is 87.7 Å². The third-order valence-electron chi connectivity index (χ3n) is 3.44. The van der Waals surface area contributed by atoms with Crippen molar-refractivity contribution in [2.75, 3.05) is 31.3 Å².